The van der Waals surface area contributed by atoms with Crippen LogP contribution in [0.25, 0.3) is 0 Å². The molecule has 2 fully saturated rings. The standard InChI is InChI=1S/C8H16FN3/c9-8-6(10)4-5-2-1-3-7(8)12(5)11/h5-8H,1-4,10-11H2/t5-,6+,7+,8-/m1/s1. The predicted octanol–water partition coefficient (Wildman–Crippen LogP) is 0.152. The number of hydrogen-bond donors (Lipinski definition) is 2. The van der Waals surface area contributed by atoms with Crippen LogP contribution in [0.15, 0.2) is 0 Å². The number of nitrogens with zero attached hydrogens (tertiary/aromatic N) is 1. The summed E-state index contributed by atoms with van der Waals surface area (Å²) in [5.41, 5.74) is 5.67. The third-order valence-electron chi connectivity index (χ3n) is 3.16. The predicted molar refractivity (Wildman–Crippen MR) is 44.9 cm³/mol. The zero-order valence-corrected chi connectivity index (χ0v) is 7.12. The molecule has 4 atom stereocenters. The van der Waals surface area contributed by atoms with E-state index < -0.39 is 6.17 Å². The van der Waals surface area contributed by atoms with Crippen LogP contribution >= 0.6 is 0 Å². The fraction of sp³-hybridized carbons (Fsp3) is 1.00. The summed E-state index contributed by atoms with van der Waals surface area (Å²) in [7, 11) is 0. The number of nitrogens with two attached hydrogens (primary N) is 2. The van der Waals surface area contributed by atoms with Gasteiger partial charge in [0.05, 0.1) is 6.04 Å². The SMILES string of the molecule is N[C@H]1C[C@H]2CCC[C@@H]([C@@H]1F)N2N. The van der Waals surface area contributed by atoms with Crippen molar-refractivity contribution in [1.82, 2.24) is 5.01 Å². The van der Waals surface area contributed by atoms with E-state index in [1.54, 1.807) is 5.01 Å². The molecule has 12 heavy (non-hydrogen) atoms. The highest BCUT2D eigenvalue weighted by Gasteiger charge is 2.42. The molecule has 0 unspecified atom stereocenters. The minimum Gasteiger partial charge on any atom is -0.325 e. The monoisotopic (exact) mass is 173 g/mol. The van der Waals surface area contributed by atoms with Crippen molar-refractivity contribution in [2.24, 2.45) is 11.6 Å². The van der Waals surface area contributed by atoms with Crippen LogP contribution in [0.4, 0.5) is 4.39 Å². The van der Waals surface area contributed by atoms with Gasteiger partial charge in [0, 0.05) is 12.1 Å². The van der Waals surface area contributed by atoms with E-state index in [1.807, 2.05) is 0 Å². The molecule has 2 bridgehead atoms. The van der Waals surface area contributed by atoms with Crippen LogP contribution in [0.2, 0.25) is 0 Å². The van der Waals surface area contributed by atoms with Crippen molar-refractivity contribution in [1.29, 1.82) is 0 Å². The second-order valence-electron chi connectivity index (χ2n) is 3.94. The Balaban J connectivity index is 2.14. The van der Waals surface area contributed by atoms with Crippen LogP contribution in [0.5, 0.6) is 0 Å². The molecule has 70 valence electrons. The summed E-state index contributed by atoms with van der Waals surface area (Å²) >= 11 is 0. The first-order valence-corrected chi connectivity index (χ1v) is 4.63. The molecule has 2 aliphatic heterocycles. The van der Waals surface area contributed by atoms with E-state index in [0.29, 0.717) is 12.5 Å². The van der Waals surface area contributed by atoms with E-state index in [4.69, 9.17) is 11.6 Å². The summed E-state index contributed by atoms with van der Waals surface area (Å²) < 4.78 is 13.5. The Labute approximate surface area is 71.9 Å². The fourth-order valence-corrected chi connectivity index (χ4v) is 2.42. The molecule has 0 radical (unpaired) electrons. The molecular weight excluding hydrogens is 157 g/mol. The normalized spacial score (nSPS) is 49.2. The Hall–Kier alpha value is -0.190. The molecule has 2 saturated heterocycles. The Kier molecular flexibility index (Phi) is 2.06. The Morgan fingerprint density at radius 3 is 2.83 bits per heavy atom. The van der Waals surface area contributed by atoms with Crippen molar-refractivity contribution in [3.63, 3.8) is 0 Å². The van der Waals surface area contributed by atoms with Gasteiger partial charge >= 0.3 is 0 Å². The number of halogens is 1. The lowest BCUT2D eigenvalue weighted by Crippen LogP contribution is -2.64. The zero-order chi connectivity index (χ0) is 8.72. The van der Waals surface area contributed by atoms with Crippen LogP contribution in [0.3, 0.4) is 0 Å². The maximum atomic E-state index is 13.5. The number of alkyl halides is 1. The maximum Gasteiger partial charge on any atom is 0.132 e. The van der Waals surface area contributed by atoms with Crippen molar-refractivity contribution >= 4 is 0 Å². The number of rotatable bonds is 0. The Bertz CT molecular complexity index is 172. The molecule has 0 aliphatic carbocycles. The average Bonchev–Trinajstić information content (AvgIpc) is 2.04. The van der Waals surface area contributed by atoms with Gasteiger partial charge in [-0.2, -0.15) is 0 Å². The molecule has 2 rings (SSSR count). The third kappa shape index (κ3) is 1.14. The van der Waals surface area contributed by atoms with E-state index in [9.17, 15) is 4.39 Å². The summed E-state index contributed by atoms with van der Waals surface area (Å²) in [6.07, 6.45) is 2.83. The molecule has 2 heterocycles. The Morgan fingerprint density at radius 2 is 2.08 bits per heavy atom. The van der Waals surface area contributed by atoms with E-state index >= 15 is 0 Å². The lowest BCUT2D eigenvalue weighted by molar-refractivity contribution is -0.0247. The van der Waals surface area contributed by atoms with Gasteiger partial charge in [0.25, 0.3) is 0 Å². The van der Waals surface area contributed by atoms with Gasteiger partial charge in [0.15, 0.2) is 0 Å². The highest BCUT2D eigenvalue weighted by Crippen LogP contribution is 2.32. The molecular formula is C8H16FN3. The number of fused-ring (bicyclic) bond motifs is 2. The van der Waals surface area contributed by atoms with E-state index in [-0.39, 0.29) is 12.1 Å². The van der Waals surface area contributed by atoms with Crippen molar-refractivity contribution in [2.45, 2.75) is 50.0 Å². The quantitative estimate of drug-likeness (QED) is 0.513. The summed E-state index contributed by atoms with van der Waals surface area (Å²) in [4.78, 5) is 0. The zero-order valence-electron chi connectivity index (χ0n) is 7.12. The average molecular weight is 173 g/mol. The Morgan fingerprint density at radius 1 is 1.33 bits per heavy atom. The summed E-state index contributed by atoms with van der Waals surface area (Å²) in [6, 6.07) is -0.0849. The largest absolute Gasteiger partial charge is 0.325 e. The second-order valence-corrected chi connectivity index (χ2v) is 3.94. The molecule has 2 aliphatic rings. The van der Waals surface area contributed by atoms with Gasteiger partial charge < -0.3 is 5.73 Å². The minimum atomic E-state index is -0.924. The topological polar surface area (TPSA) is 55.3 Å². The maximum absolute atomic E-state index is 13.5. The number of hydrazine groups is 1. The summed E-state index contributed by atoms with van der Waals surface area (Å²) in [5.74, 6) is 5.77. The van der Waals surface area contributed by atoms with Crippen LogP contribution in [0, 0.1) is 0 Å². The molecule has 4 N–H and O–H groups in total. The van der Waals surface area contributed by atoms with Gasteiger partial charge in [-0.15, -0.1) is 0 Å². The molecule has 4 heteroatoms. The van der Waals surface area contributed by atoms with Crippen LogP contribution < -0.4 is 11.6 Å². The van der Waals surface area contributed by atoms with Gasteiger partial charge in [-0.25, -0.2) is 9.40 Å². The van der Waals surface area contributed by atoms with E-state index in [0.717, 1.165) is 19.3 Å². The first-order valence-electron chi connectivity index (χ1n) is 4.63. The van der Waals surface area contributed by atoms with Crippen LogP contribution in [-0.4, -0.2) is 29.3 Å². The summed E-state index contributed by atoms with van der Waals surface area (Å²) in [5, 5.41) is 1.69. The molecule has 0 spiro atoms. The smallest absolute Gasteiger partial charge is 0.132 e. The van der Waals surface area contributed by atoms with E-state index in [1.165, 1.54) is 0 Å². The van der Waals surface area contributed by atoms with Gasteiger partial charge in [-0.05, 0) is 19.3 Å². The molecule has 0 saturated carbocycles. The lowest BCUT2D eigenvalue weighted by Gasteiger charge is -2.47. The first-order chi connectivity index (χ1) is 5.70. The second kappa shape index (κ2) is 2.94. The van der Waals surface area contributed by atoms with Crippen molar-refractivity contribution in [2.75, 3.05) is 0 Å². The third-order valence-corrected chi connectivity index (χ3v) is 3.16. The fourth-order valence-electron chi connectivity index (χ4n) is 2.42. The van der Waals surface area contributed by atoms with Gasteiger partial charge in [0.1, 0.15) is 6.17 Å². The highest BCUT2D eigenvalue weighted by molar-refractivity contribution is 4.97. The number of hydrogen-bond acceptors (Lipinski definition) is 3. The van der Waals surface area contributed by atoms with Crippen molar-refractivity contribution in [3.8, 4) is 0 Å². The molecule has 0 aromatic carbocycles. The molecule has 0 aromatic rings. The van der Waals surface area contributed by atoms with Crippen LogP contribution in [-0.2, 0) is 0 Å². The highest BCUT2D eigenvalue weighted by atomic mass is 19.1. The van der Waals surface area contributed by atoms with E-state index in [2.05, 4.69) is 0 Å². The minimum absolute atomic E-state index is 0.118. The molecule has 3 nitrogen and oxygen atoms in total. The number of piperidine rings is 2. The molecule has 0 amide bonds. The summed E-state index contributed by atoms with van der Waals surface area (Å²) in [6.45, 7) is 0. The van der Waals surface area contributed by atoms with Crippen molar-refractivity contribution in [3.05, 3.63) is 0 Å². The molecule has 0 aromatic heterocycles. The van der Waals surface area contributed by atoms with Gasteiger partial charge in [-0.1, -0.05) is 6.42 Å². The van der Waals surface area contributed by atoms with Crippen molar-refractivity contribution < 1.29 is 4.39 Å². The van der Waals surface area contributed by atoms with Crippen LogP contribution in [0.1, 0.15) is 25.7 Å². The lowest BCUT2D eigenvalue weighted by atomic mass is 9.82. The first kappa shape index (κ1) is 8.41. The van der Waals surface area contributed by atoms with Gasteiger partial charge in [0.2, 0.25) is 0 Å². The van der Waals surface area contributed by atoms with Gasteiger partial charge in [-0.3, -0.25) is 5.84 Å².